The van der Waals surface area contributed by atoms with Gasteiger partial charge in [-0.2, -0.15) is 0 Å². The molecule has 0 bridgehead atoms. The Kier molecular flexibility index (Phi) is 2.68. The predicted molar refractivity (Wildman–Crippen MR) is 56.7 cm³/mol. The Hall–Kier alpha value is -1.09. The summed E-state index contributed by atoms with van der Waals surface area (Å²) >= 11 is 0. The highest BCUT2D eigenvalue weighted by atomic mass is 15.0. The van der Waals surface area contributed by atoms with Gasteiger partial charge in [0.2, 0.25) is 0 Å². The molecule has 1 atom stereocenters. The van der Waals surface area contributed by atoms with Crippen LogP contribution in [0.3, 0.4) is 0 Å². The van der Waals surface area contributed by atoms with Gasteiger partial charge in [0.1, 0.15) is 0 Å². The molecule has 0 radical (unpaired) electrons. The van der Waals surface area contributed by atoms with E-state index in [-0.39, 0.29) is 6.04 Å². The summed E-state index contributed by atoms with van der Waals surface area (Å²) in [5, 5.41) is 0. The molecular formula is C11H17N3. The van der Waals surface area contributed by atoms with E-state index in [1.807, 2.05) is 17.8 Å². The molecule has 1 heterocycles. The molecule has 2 rings (SSSR count). The smallest absolute Gasteiger partial charge is 0.0946 e. The summed E-state index contributed by atoms with van der Waals surface area (Å²) < 4.78 is 2.00. The molecule has 0 saturated carbocycles. The molecule has 0 aromatic carbocycles. The SMILES string of the molecule is Cn1cncc1C(N)CC1=CCCC1. The third-order valence-corrected chi connectivity index (χ3v) is 2.85. The normalized spacial score (nSPS) is 18.3. The van der Waals surface area contributed by atoms with Crippen molar-refractivity contribution in [1.82, 2.24) is 9.55 Å². The minimum Gasteiger partial charge on any atom is -0.336 e. The Bertz CT molecular complexity index is 338. The van der Waals surface area contributed by atoms with Crippen LogP contribution in [0.25, 0.3) is 0 Å². The lowest BCUT2D eigenvalue weighted by Gasteiger charge is -2.12. The van der Waals surface area contributed by atoms with E-state index in [9.17, 15) is 0 Å². The molecule has 3 heteroatoms. The number of aromatic nitrogens is 2. The largest absolute Gasteiger partial charge is 0.336 e. The summed E-state index contributed by atoms with van der Waals surface area (Å²) in [6.45, 7) is 0. The first kappa shape index (κ1) is 9.46. The number of hydrogen-bond donors (Lipinski definition) is 1. The van der Waals surface area contributed by atoms with E-state index in [2.05, 4.69) is 11.1 Å². The van der Waals surface area contributed by atoms with Gasteiger partial charge in [-0.05, 0) is 25.7 Å². The van der Waals surface area contributed by atoms with Crippen LogP contribution in [0, 0.1) is 0 Å². The van der Waals surface area contributed by atoms with Crippen molar-refractivity contribution in [1.29, 1.82) is 0 Å². The molecule has 76 valence electrons. The molecule has 0 fully saturated rings. The van der Waals surface area contributed by atoms with Gasteiger partial charge in [0, 0.05) is 13.2 Å². The second-order valence-corrected chi connectivity index (χ2v) is 3.99. The van der Waals surface area contributed by atoms with Crippen molar-refractivity contribution >= 4 is 0 Å². The van der Waals surface area contributed by atoms with Gasteiger partial charge in [-0.1, -0.05) is 11.6 Å². The predicted octanol–water partition coefficient (Wildman–Crippen LogP) is 1.92. The van der Waals surface area contributed by atoms with E-state index in [0.29, 0.717) is 0 Å². The Morgan fingerprint density at radius 3 is 3.07 bits per heavy atom. The maximum absolute atomic E-state index is 6.12. The number of imidazole rings is 1. The van der Waals surface area contributed by atoms with E-state index < -0.39 is 0 Å². The highest BCUT2D eigenvalue weighted by Gasteiger charge is 2.13. The summed E-state index contributed by atoms with van der Waals surface area (Å²) in [5.41, 5.74) is 8.75. The van der Waals surface area contributed by atoms with E-state index in [0.717, 1.165) is 12.1 Å². The van der Waals surface area contributed by atoms with Gasteiger partial charge in [-0.25, -0.2) is 4.98 Å². The van der Waals surface area contributed by atoms with Crippen LogP contribution < -0.4 is 5.73 Å². The maximum Gasteiger partial charge on any atom is 0.0946 e. The lowest BCUT2D eigenvalue weighted by molar-refractivity contribution is 0.642. The molecule has 1 aliphatic carbocycles. The third kappa shape index (κ3) is 1.87. The van der Waals surface area contributed by atoms with E-state index in [1.54, 1.807) is 6.33 Å². The van der Waals surface area contributed by atoms with Gasteiger partial charge in [-0.15, -0.1) is 0 Å². The van der Waals surface area contributed by atoms with Gasteiger partial charge in [-0.3, -0.25) is 0 Å². The van der Waals surface area contributed by atoms with Crippen molar-refractivity contribution < 1.29 is 0 Å². The van der Waals surface area contributed by atoms with E-state index in [1.165, 1.54) is 24.8 Å². The number of allylic oxidation sites excluding steroid dienone is 1. The highest BCUT2D eigenvalue weighted by molar-refractivity contribution is 5.14. The molecule has 1 aliphatic rings. The van der Waals surface area contributed by atoms with Crippen LogP contribution in [0.4, 0.5) is 0 Å². The average molecular weight is 191 g/mol. The molecule has 0 spiro atoms. The fourth-order valence-corrected chi connectivity index (χ4v) is 2.03. The fraction of sp³-hybridized carbons (Fsp3) is 0.545. The maximum atomic E-state index is 6.12. The molecule has 0 saturated heterocycles. The van der Waals surface area contributed by atoms with Crippen molar-refractivity contribution in [2.75, 3.05) is 0 Å². The van der Waals surface area contributed by atoms with Crippen LogP contribution in [0.5, 0.6) is 0 Å². The molecule has 14 heavy (non-hydrogen) atoms. The van der Waals surface area contributed by atoms with Crippen molar-refractivity contribution in [3.8, 4) is 0 Å². The summed E-state index contributed by atoms with van der Waals surface area (Å²) in [6.07, 6.45) is 10.7. The lowest BCUT2D eigenvalue weighted by Crippen LogP contribution is -2.14. The van der Waals surface area contributed by atoms with Gasteiger partial charge in [0.05, 0.1) is 18.1 Å². The zero-order valence-corrected chi connectivity index (χ0v) is 8.61. The van der Waals surface area contributed by atoms with Gasteiger partial charge < -0.3 is 10.3 Å². The minimum absolute atomic E-state index is 0.104. The number of nitrogens with zero attached hydrogens (tertiary/aromatic N) is 2. The highest BCUT2D eigenvalue weighted by Crippen LogP contribution is 2.26. The first-order chi connectivity index (χ1) is 6.77. The van der Waals surface area contributed by atoms with Gasteiger partial charge in [0.15, 0.2) is 0 Å². The topological polar surface area (TPSA) is 43.8 Å². The number of nitrogens with two attached hydrogens (primary N) is 1. The fourth-order valence-electron chi connectivity index (χ4n) is 2.03. The molecule has 1 unspecified atom stereocenters. The van der Waals surface area contributed by atoms with Crippen LogP contribution in [0.2, 0.25) is 0 Å². The minimum atomic E-state index is 0.104. The molecule has 0 amide bonds. The van der Waals surface area contributed by atoms with E-state index >= 15 is 0 Å². The molecule has 1 aromatic heterocycles. The second-order valence-electron chi connectivity index (χ2n) is 3.99. The quantitative estimate of drug-likeness (QED) is 0.742. The monoisotopic (exact) mass is 191 g/mol. The van der Waals surface area contributed by atoms with Gasteiger partial charge >= 0.3 is 0 Å². The van der Waals surface area contributed by atoms with Crippen LogP contribution in [0.15, 0.2) is 24.2 Å². The molecule has 3 nitrogen and oxygen atoms in total. The number of aryl methyl sites for hydroxylation is 1. The molecule has 2 N–H and O–H groups in total. The zero-order chi connectivity index (χ0) is 9.97. The van der Waals surface area contributed by atoms with Crippen molar-refractivity contribution in [2.24, 2.45) is 12.8 Å². The summed E-state index contributed by atoms with van der Waals surface area (Å²) in [4.78, 5) is 4.08. The molecule has 1 aromatic rings. The Balaban J connectivity index is 2.02. The summed E-state index contributed by atoms with van der Waals surface area (Å²) in [5.74, 6) is 0. The summed E-state index contributed by atoms with van der Waals surface area (Å²) in [7, 11) is 1.99. The second kappa shape index (κ2) is 3.96. The molecule has 0 aliphatic heterocycles. The van der Waals surface area contributed by atoms with Crippen LogP contribution in [-0.2, 0) is 7.05 Å². The Morgan fingerprint density at radius 1 is 1.64 bits per heavy atom. The number of rotatable bonds is 3. The zero-order valence-electron chi connectivity index (χ0n) is 8.61. The van der Waals surface area contributed by atoms with Crippen LogP contribution in [-0.4, -0.2) is 9.55 Å². The lowest BCUT2D eigenvalue weighted by atomic mass is 10.0. The molecular weight excluding hydrogens is 174 g/mol. The van der Waals surface area contributed by atoms with E-state index in [4.69, 9.17) is 5.73 Å². The average Bonchev–Trinajstić information content (AvgIpc) is 2.75. The third-order valence-electron chi connectivity index (χ3n) is 2.85. The van der Waals surface area contributed by atoms with Crippen molar-refractivity contribution in [3.63, 3.8) is 0 Å². The van der Waals surface area contributed by atoms with Crippen LogP contribution in [0.1, 0.15) is 37.4 Å². The van der Waals surface area contributed by atoms with Gasteiger partial charge in [0.25, 0.3) is 0 Å². The standard InChI is InChI=1S/C11H17N3/c1-14-8-13-7-11(14)10(12)6-9-4-2-3-5-9/h4,7-8,10H,2-3,5-6,12H2,1H3. The Morgan fingerprint density at radius 2 is 2.50 bits per heavy atom. The first-order valence-electron chi connectivity index (χ1n) is 5.17. The first-order valence-corrected chi connectivity index (χ1v) is 5.17. The summed E-state index contributed by atoms with van der Waals surface area (Å²) in [6, 6.07) is 0.104. The van der Waals surface area contributed by atoms with Crippen LogP contribution >= 0.6 is 0 Å². The number of hydrogen-bond acceptors (Lipinski definition) is 2. The van der Waals surface area contributed by atoms with Crippen molar-refractivity contribution in [3.05, 3.63) is 29.9 Å². The van der Waals surface area contributed by atoms with Crippen molar-refractivity contribution in [2.45, 2.75) is 31.7 Å². The Labute approximate surface area is 84.6 Å².